The van der Waals surface area contributed by atoms with Gasteiger partial charge < -0.3 is 15.5 Å². The molecule has 3 amide bonds. The summed E-state index contributed by atoms with van der Waals surface area (Å²) in [5, 5.41) is 6.20. The third kappa shape index (κ3) is 5.66. The fourth-order valence-corrected chi connectivity index (χ4v) is 4.22. The van der Waals surface area contributed by atoms with Crippen LogP contribution in [0.5, 0.6) is 0 Å². The number of urea groups is 1. The van der Waals surface area contributed by atoms with Crippen molar-refractivity contribution in [3.8, 4) is 0 Å². The van der Waals surface area contributed by atoms with Crippen LogP contribution in [0.15, 0.2) is 42.5 Å². The Kier molecular flexibility index (Phi) is 7.37. The lowest BCUT2D eigenvalue weighted by atomic mass is 9.91. The van der Waals surface area contributed by atoms with Gasteiger partial charge in [-0.05, 0) is 60.4 Å². The Balaban J connectivity index is 1.71. The highest BCUT2D eigenvalue weighted by Crippen LogP contribution is 2.33. The summed E-state index contributed by atoms with van der Waals surface area (Å²) in [5.41, 5.74) is 5.13. The molecule has 1 unspecified atom stereocenters. The molecule has 31 heavy (non-hydrogen) atoms. The minimum Gasteiger partial charge on any atom is -0.325 e. The zero-order valence-corrected chi connectivity index (χ0v) is 19.4. The molecule has 1 heterocycles. The number of hydrogen-bond acceptors (Lipinski definition) is 2. The molecule has 0 aromatic heterocycles. The van der Waals surface area contributed by atoms with Gasteiger partial charge in [0.25, 0.3) is 0 Å². The fourth-order valence-electron chi connectivity index (χ4n) is 4.22. The van der Waals surface area contributed by atoms with Gasteiger partial charge in [0.1, 0.15) is 0 Å². The number of nitrogens with zero attached hydrogens (tertiary/aromatic N) is 1. The molecule has 166 valence electrons. The zero-order chi connectivity index (χ0) is 22.5. The Hall–Kier alpha value is -2.82. The third-order valence-corrected chi connectivity index (χ3v) is 5.97. The van der Waals surface area contributed by atoms with Gasteiger partial charge in [-0.1, -0.05) is 58.0 Å². The Labute approximate surface area is 186 Å². The molecule has 0 aliphatic carbocycles. The van der Waals surface area contributed by atoms with Gasteiger partial charge >= 0.3 is 6.03 Å². The van der Waals surface area contributed by atoms with Crippen molar-refractivity contribution in [2.75, 3.05) is 23.7 Å². The first-order valence-corrected chi connectivity index (χ1v) is 11.3. The van der Waals surface area contributed by atoms with E-state index in [0.717, 1.165) is 40.9 Å². The molecule has 0 bridgehead atoms. The van der Waals surface area contributed by atoms with Gasteiger partial charge in [0.15, 0.2) is 0 Å². The first-order valence-electron chi connectivity index (χ1n) is 11.3. The molecular formula is C26H35N3O2. The summed E-state index contributed by atoms with van der Waals surface area (Å²) in [6, 6.07) is 13.9. The number of para-hydroxylation sites is 1. The van der Waals surface area contributed by atoms with E-state index in [1.165, 1.54) is 0 Å². The predicted octanol–water partition coefficient (Wildman–Crippen LogP) is 6.12. The van der Waals surface area contributed by atoms with E-state index in [0.29, 0.717) is 24.9 Å². The minimum absolute atomic E-state index is 0.00283. The maximum absolute atomic E-state index is 13.2. The first kappa shape index (κ1) is 22.9. The van der Waals surface area contributed by atoms with Crippen LogP contribution in [0.4, 0.5) is 16.2 Å². The number of likely N-dealkylation sites (tertiary alicyclic amines) is 1. The normalized spacial score (nSPS) is 16.5. The number of piperidine rings is 1. The monoisotopic (exact) mass is 421 g/mol. The molecule has 5 nitrogen and oxygen atoms in total. The molecule has 0 radical (unpaired) electrons. The standard InChI is InChI=1S/C26H35N3O2/c1-17(2)22-12-7-13-23(18(3)4)24(22)28-25(30)20-10-8-14-29(16-20)26(31)27-21-11-6-9-19(5)15-21/h6-7,9,11-13,15,17-18,20H,8,10,14,16H2,1-5H3,(H,27,31)(H,28,30). The maximum atomic E-state index is 13.2. The number of carbonyl (C=O) groups is 2. The van der Waals surface area contributed by atoms with Gasteiger partial charge in [0, 0.05) is 24.5 Å². The lowest BCUT2D eigenvalue weighted by Crippen LogP contribution is -2.45. The van der Waals surface area contributed by atoms with Gasteiger partial charge in [0.2, 0.25) is 5.91 Å². The van der Waals surface area contributed by atoms with E-state index in [9.17, 15) is 9.59 Å². The zero-order valence-electron chi connectivity index (χ0n) is 19.4. The molecule has 2 N–H and O–H groups in total. The summed E-state index contributed by atoms with van der Waals surface area (Å²) in [4.78, 5) is 27.8. The summed E-state index contributed by atoms with van der Waals surface area (Å²) in [6.07, 6.45) is 1.61. The molecule has 1 fully saturated rings. The van der Waals surface area contributed by atoms with Crippen LogP contribution >= 0.6 is 0 Å². The second kappa shape index (κ2) is 9.99. The summed E-state index contributed by atoms with van der Waals surface area (Å²) in [6.45, 7) is 11.7. The Morgan fingerprint density at radius 1 is 0.968 bits per heavy atom. The van der Waals surface area contributed by atoms with Crippen LogP contribution in [-0.4, -0.2) is 29.9 Å². The Morgan fingerprint density at radius 3 is 2.23 bits per heavy atom. The van der Waals surface area contributed by atoms with Crippen molar-refractivity contribution in [2.24, 2.45) is 5.92 Å². The summed E-state index contributed by atoms with van der Waals surface area (Å²) >= 11 is 0. The smallest absolute Gasteiger partial charge is 0.321 e. The summed E-state index contributed by atoms with van der Waals surface area (Å²) < 4.78 is 0. The summed E-state index contributed by atoms with van der Waals surface area (Å²) in [5.74, 6) is 0.425. The molecule has 0 spiro atoms. The molecule has 1 aliphatic rings. The summed E-state index contributed by atoms with van der Waals surface area (Å²) in [7, 11) is 0. The first-order chi connectivity index (χ1) is 14.8. The number of anilines is 2. The molecule has 3 rings (SSSR count). The molecular weight excluding hydrogens is 386 g/mol. The third-order valence-electron chi connectivity index (χ3n) is 5.97. The second-order valence-electron chi connectivity index (χ2n) is 9.19. The van der Waals surface area contributed by atoms with Crippen LogP contribution in [0.3, 0.4) is 0 Å². The second-order valence-corrected chi connectivity index (χ2v) is 9.19. The van der Waals surface area contributed by atoms with Crippen LogP contribution in [0.2, 0.25) is 0 Å². The van der Waals surface area contributed by atoms with E-state index in [1.54, 1.807) is 4.90 Å². The topological polar surface area (TPSA) is 61.4 Å². The predicted molar refractivity (Wildman–Crippen MR) is 128 cm³/mol. The average Bonchev–Trinajstić information content (AvgIpc) is 2.73. The SMILES string of the molecule is Cc1cccc(NC(=O)N2CCCC(C(=O)Nc3c(C(C)C)cccc3C(C)C)C2)c1. The van der Waals surface area contributed by atoms with Crippen molar-refractivity contribution >= 4 is 23.3 Å². The average molecular weight is 422 g/mol. The highest BCUT2D eigenvalue weighted by Gasteiger charge is 2.29. The van der Waals surface area contributed by atoms with E-state index >= 15 is 0 Å². The van der Waals surface area contributed by atoms with Crippen LogP contribution in [0.25, 0.3) is 0 Å². The number of nitrogens with one attached hydrogen (secondary N) is 2. The molecule has 5 heteroatoms. The highest BCUT2D eigenvalue weighted by atomic mass is 16.2. The molecule has 2 aromatic rings. The number of aryl methyl sites for hydroxylation is 1. The van der Waals surface area contributed by atoms with E-state index in [4.69, 9.17) is 0 Å². The number of rotatable bonds is 5. The van der Waals surface area contributed by atoms with Crippen LogP contribution < -0.4 is 10.6 Å². The Bertz CT molecular complexity index is 910. The molecule has 1 atom stereocenters. The molecule has 2 aromatic carbocycles. The largest absolute Gasteiger partial charge is 0.325 e. The van der Waals surface area contributed by atoms with Crippen molar-refractivity contribution < 1.29 is 9.59 Å². The lowest BCUT2D eigenvalue weighted by molar-refractivity contribution is -0.121. The lowest BCUT2D eigenvalue weighted by Gasteiger charge is -2.32. The fraction of sp³-hybridized carbons (Fsp3) is 0.462. The molecule has 1 saturated heterocycles. The van der Waals surface area contributed by atoms with Gasteiger partial charge in [-0.15, -0.1) is 0 Å². The minimum atomic E-state index is -0.211. The number of amides is 3. The maximum Gasteiger partial charge on any atom is 0.321 e. The van der Waals surface area contributed by atoms with E-state index in [2.05, 4.69) is 56.5 Å². The van der Waals surface area contributed by atoms with Gasteiger partial charge in [-0.2, -0.15) is 0 Å². The van der Waals surface area contributed by atoms with E-state index < -0.39 is 0 Å². The van der Waals surface area contributed by atoms with Crippen LogP contribution in [-0.2, 0) is 4.79 Å². The molecule has 1 aliphatic heterocycles. The van der Waals surface area contributed by atoms with Crippen molar-refractivity contribution in [1.82, 2.24) is 4.90 Å². The van der Waals surface area contributed by atoms with Crippen molar-refractivity contribution in [2.45, 2.75) is 59.3 Å². The quantitative estimate of drug-likeness (QED) is 0.610. The van der Waals surface area contributed by atoms with Gasteiger partial charge in [-0.25, -0.2) is 4.79 Å². The van der Waals surface area contributed by atoms with E-state index in [1.807, 2.05) is 31.2 Å². The van der Waals surface area contributed by atoms with Gasteiger partial charge in [0.05, 0.1) is 5.92 Å². The Morgan fingerprint density at radius 2 is 1.61 bits per heavy atom. The highest BCUT2D eigenvalue weighted by molar-refractivity contribution is 5.95. The molecule has 0 saturated carbocycles. The van der Waals surface area contributed by atoms with Crippen LogP contribution in [0, 0.1) is 12.8 Å². The van der Waals surface area contributed by atoms with Crippen molar-refractivity contribution in [3.63, 3.8) is 0 Å². The van der Waals surface area contributed by atoms with Crippen LogP contribution in [0.1, 0.15) is 69.1 Å². The number of carbonyl (C=O) groups excluding carboxylic acids is 2. The van der Waals surface area contributed by atoms with Gasteiger partial charge in [-0.3, -0.25) is 4.79 Å². The number of benzene rings is 2. The number of hydrogen-bond donors (Lipinski definition) is 2. The van der Waals surface area contributed by atoms with E-state index in [-0.39, 0.29) is 17.9 Å². The van der Waals surface area contributed by atoms with Crippen molar-refractivity contribution in [3.05, 3.63) is 59.2 Å². The van der Waals surface area contributed by atoms with Crippen molar-refractivity contribution in [1.29, 1.82) is 0 Å².